The molecule has 5 aromatic rings. The Hall–Kier alpha value is -3.72. The molecule has 1 atom stereocenters. The molecule has 2 N–H and O–H groups in total. The highest BCUT2D eigenvalue weighted by atomic mass is 19.4. The molecule has 0 bridgehead atoms. The Kier molecular flexibility index (Phi) is 4.13. The molecule has 5 rings (SSSR count). The summed E-state index contributed by atoms with van der Waals surface area (Å²) in [6, 6.07) is 12.5. The molecule has 1 unspecified atom stereocenters. The fraction of sp³-hybridized carbons (Fsp3) is 0.0909. The van der Waals surface area contributed by atoms with Crippen LogP contribution in [0.1, 0.15) is 11.1 Å². The number of rotatable bonds is 3. The van der Waals surface area contributed by atoms with Gasteiger partial charge in [-0.25, -0.2) is 14.1 Å². The van der Waals surface area contributed by atoms with E-state index in [-0.39, 0.29) is 22.2 Å². The summed E-state index contributed by atoms with van der Waals surface area (Å²) in [6.45, 7) is 0. The van der Waals surface area contributed by atoms with Crippen LogP contribution in [0.25, 0.3) is 27.6 Å². The Morgan fingerprint density at radius 3 is 2.52 bits per heavy atom. The quantitative estimate of drug-likeness (QED) is 0.406. The summed E-state index contributed by atoms with van der Waals surface area (Å²) in [5.41, 5.74) is -2.64. The largest absolute Gasteiger partial charge is 0.425 e. The maximum Gasteiger partial charge on any atom is 0.425 e. The Balaban J connectivity index is 1.69. The molecule has 0 amide bonds. The smallest absolute Gasteiger partial charge is 0.372 e. The lowest BCUT2D eigenvalue weighted by Gasteiger charge is -2.31. The number of aliphatic hydroxyl groups is 1. The average Bonchev–Trinajstić information content (AvgIpc) is 3.37. The molecule has 0 aliphatic carbocycles. The number of H-pyrrole nitrogens is 1. The summed E-state index contributed by atoms with van der Waals surface area (Å²) >= 11 is 0. The van der Waals surface area contributed by atoms with E-state index in [2.05, 4.69) is 15.1 Å². The lowest BCUT2D eigenvalue weighted by molar-refractivity contribution is -0.247. The maximum absolute atomic E-state index is 14.2. The van der Waals surface area contributed by atoms with Crippen molar-refractivity contribution in [2.45, 2.75) is 11.8 Å². The van der Waals surface area contributed by atoms with Crippen LogP contribution in [0, 0.1) is 5.82 Å². The molecule has 156 valence electrons. The number of hydrogen-bond acceptors (Lipinski definition) is 3. The predicted molar refractivity (Wildman–Crippen MR) is 106 cm³/mol. The van der Waals surface area contributed by atoms with Crippen molar-refractivity contribution in [3.8, 4) is 5.69 Å². The van der Waals surface area contributed by atoms with Crippen LogP contribution in [0.4, 0.5) is 17.6 Å². The van der Waals surface area contributed by atoms with E-state index in [1.807, 2.05) is 0 Å². The molecule has 3 heterocycles. The van der Waals surface area contributed by atoms with Gasteiger partial charge < -0.3 is 10.1 Å². The van der Waals surface area contributed by atoms with Gasteiger partial charge in [0.25, 0.3) is 0 Å². The standard InChI is InChI=1S/C22H14F4N4O/c23-15-4-6-16(7-5-15)30-19-8-3-14(10-13(19)11-29-30)21(31,22(24,25)26)18-12-28-20-17(18)2-1-9-27-20/h1-12,31H,(H,27,28). The minimum atomic E-state index is -5.00. The molecule has 0 saturated carbocycles. The zero-order valence-corrected chi connectivity index (χ0v) is 15.7. The van der Waals surface area contributed by atoms with Gasteiger partial charge in [-0.1, -0.05) is 6.07 Å². The van der Waals surface area contributed by atoms with Gasteiger partial charge in [-0.2, -0.15) is 18.3 Å². The zero-order valence-electron chi connectivity index (χ0n) is 15.7. The molecule has 5 nitrogen and oxygen atoms in total. The van der Waals surface area contributed by atoms with Gasteiger partial charge in [-0.15, -0.1) is 0 Å². The number of alkyl halides is 3. The minimum absolute atomic E-state index is 0.171. The predicted octanol–water partition coefficient (Wildman–Crippen LogP) is 4.84. The first kappa shape index (κ1) is 19.3. The van der Waals surface area contributed by atoms with Gasteiger partial charge in [0.1, 0.15) is 11.5 Å². The first-order valence-corrected chi connectivity index (χ1v) is 9.25. The van der Waals surface area contributed by atoms with Gasteiger partial charge in [-0.3, -0.25) is 0 Å². The SMILES string of the molecule is OC(c1ccc2c(cnn2-c2ccc(F)cc2)c1)(c1c[nH]c2ncccc12)C(F)(F)F. The molecule has 0 aliphatic rings. The molecule has 31 heavy (non-hydrogen) atoms. The van der Waals surface area contributed by atoms with E-state index in [0.29, 0.717) is 16.6 Å². The van der Waals surface area contributed by atoms with Gasteiger partial charge in [-0.05, 0) is 54.1 Å². The van der Waals surface area contributed by atoms with Crippen LogP contribution >= 0.6 is 0 Å². The lowest BCUT2D eigenvalue weighted by atomic mass is 9.85. The third kappa shape index (κ3) is 2.89. The van der Waals surface area contributed by atoms with Gasteiger partial charge in [0, 0.05) is 28.7 Å². The fourth-order valence-corrected chi connectivity index (χ4v) is 3.77. The number of nitrogens with one attached hydrogen (secondary N) is 1. The van der Waals surface area contributed by atoms with Crippen LogP contribution in [0.2, 0.25) is 0 Å². The second-order valence-corrected chi connectivity index (χ2v) is 7.12. The summed E-state index contributed by atoms with van der Waals surface area (Å²) in [5, 5.41) is 15.8. The Labute approximate surface area is 172 Å². The Bertz CT molecular complexity index is 1400. The van der Waals surface area contributed by atoms with Crippen LogP contribution in [-0.2, 0) is 5.60 Å². The highest BCUT2D eigenvalue weighted by Gasteiger charge is 2.57. The molecule has 3 aromatic heterocycles. The van der Waals surface area contributed by atoms with Crippen molar-refractivity contribution >= 4 is 21.9 Å². The summed E-state index contributed by atoms with van der Waals surface area (Å²) in [4.78, 5) is 6.69. The Morgan fingerprint density at radius 2 is 1.77 bits per heavy atom. The van der Waals surface area contributed by atoms with Crippen molar-refractivity contribution in [1.82, 2.24) is 19.7 Å². The van der Waals surface area contributed by atoms with Crippen LogP contribution in [0.15, 0.2) is 73.2 Å². The number of aromatic nitrogens is 4. The van der Waals surface area contributed by atoms with E-state index in [0.717, 1.165) is 6.20 Å². The highest BCUT2D eigenvalue weighted by molar-refractivity contribution is 5.84. The third-order valence-corrected chi connectivity index (χ3v) is 5.31. The van der Waals surface area contributed by atoms with E-state index in [1.165, 1.54) is 71.7 Å². The molecule has 2 aromatic carbocycles. The second-order valence-electron chi connectivity index (χ2n) is 7.12. The van der Waals surface area contributed by atoms with Gasteiger partial charge in [0.05, 0.1) is 17.4 Å². The van der Waals surface area contributed by atoms with Crippen molar-refractivity contribution in [2.24, 2.45) is 0 Å². The fourth-order valence-electron chi connectivity index (χ4n) is 3.77. The van der Waals surface area contributed by atoms with E-state index < -0.39 is 17.6 Å². The molecule has 0 radical (unpaired) electrons. The topological polar surface area (TPSA) is 66.7 Å². The van der Waals surface area contributed by atoms with Crippen LogP contribution in [-0.4, -0.2) is 31.0 Å². The lowest BCUT2D eigenvalue weighted by Crippen LogP contribution is -2.43. The third-order valence-electron chi connectivity index (χ3n) is 5.31. The normalized spacial score (nSPS) is 14.2. The first-order chi connectivity index (χ1) is 14.8. The van der Waals surface area contributed by atoms with Crippen LogP contribution in [0.5, 0.6) is 0 Å². The van der Waals surface area contributed by atoms with Gasteiger partial charge >= 0.3 is 6.18 Å². The van der Waals surface area contributed by atoms with E-state index in [4.69, 9.17) is 0 Å². The molecular weight excluding hydrogens is 412 g/mol. The minimum Gasteiger partial charge on any atom is -0.372 e. The number of nitrogens with zero attached hydrogens (tertiary/aromatic N) is 3. The summed E-state index contributed by atoms with van der Waals surface area (Å²) < 4.78 is 57.4. The molecule has 0 aliphatic heterocycles. The summed E-state index contributed by atoms with van der Waals surface area (Å²) in [6.07, 6.45) is -1.03. The first-order valence-electron chi connectivity index (χ1n) is 9.25. The van der Waals surface area contributed by atoms with Crippen LogP contribution < -0.4 is 0 Å². The molecule has 0 saturated heterocycles. The van der Waals surface area contributed by atoms with Gasteiger partial charge in [0.15, 0.2) is 0 Å². The van der Waals surface area contributed by atoms with Gasteiger partial charge in [0.2, 0.25) is 5.60 Å². The molecular formula is C22H14F4N4O. The maximum atomic E-state index is 14.2. The molecule has 0 spiro atoms. The van der Waals surface area contributed by atoms with E-state index in [1.54, 1.807) is 0 Å². The van der Waals surface area contributed by atoms with Crippen molar-refractivity contribution in [2.75, 3.05) is 0 Å². The van der Waals surface area contributed by atoms with E-state index >= 15 is 0 Å². The van der Waals surface area contributed by atoms with E-state index in [9.17, 15) is 22.7 Å². The van der Waals surface area contributed by atoms with Crippen molar-refractivity contribution in [3.63, 3.8) is 0 Å². The number of aromatic amines is 1. The highest BCUT2D eigenvalue weighted by Crippen LogP contribution is 2.46. The molecule has 0 fully saturated rings. The van der Waals surface area contributed by atoms with Crippen molar-refractivity contribution in [3.05, 3.63) is 90.1 Å². The number of pyridine rings is 1. The van der Waals surface area contributed by atoms with Crippen molar-refractivity contribution < 1.29 is 22.7 Å². The van der Waals surface area contributed by atoms with Crippen molar-refractivity contribution in [1.29, 1.82) is 0 Å². The monoisotopic (exact) mass is 426 g/mol. The Morgan fingerprint density at radius 1 is 1.00 bits per heavy atom. The molecule has 9 heteroatoms. The summed E-state index contributed by atoms with van der Waals surface area (Å²) in [5.74, 6) is -0.411. The number of halogens is 4. The number of fused-ring (bicyclic) bond motifs is 2. The average molecular weight is 426 g/mol. The summed E-state index contributed by atoms with van der Waals surface area (Å²) in [7, 11) is 0. The number of benzene rings is 2. The second kappa shape index (κ2) is 6.64. The zero-order chi connectivity index (χ0) is 21.8. The number of hydrogen-bond donors (Lipinski definition) is 2. The van der Waals surface area contributed by atoms with Crippen LogP contribution in [0.3, 0.4) is 0 Å².